The van der Waals surface area contributed by atoms with Crippen LogP contribution in [0.5, 0.6) is 0 Å². The topological polar surface area (TPSA) is 0 Å². The Bertz CT molecular complexity index is 172. The molecule has 0 rings (SSSR count). The van der Waals surface area contributed by atoms with Gasteiger partial charge in [-0.1, -0.05) is 52.2 Å². The van der Waals surface area contributed by atoms with Crippen molar-refractivity contribution < 1.29 is 0 Å². The van der Waals surface area contributed by atoms with E-state index in [2.05, 4.69) is 43.0 Å². The highest BCUT2D eigenvalue weighted by atomic mass is 31.0. The maximum Gasteiger partial charge on any atom is -0.0170 e. The Labute approximate surface area is 99.1 Å². The van der Waals surface area contributed by atoms with Gasteiger partial charge in [0, 0.05) is 0 Å². The molecule has 0 aliphatic heterocycles. The average molecular weight is 228 g/mol. The van der Waals surface area contributed by atoms with Crippen LogP contribution in [-0.2, 0) is 0 Å². The van der Waals surface area contributed by atoms with Crippen molar-refractivity contribution in [1.29, 1.82) is 0 Å². The molecule has 0 aliphatic carbocycles. The van der Waals surface area contributed by atoms with Gasteiger partial charge in [0.05, 0.1) is 0 Å². The highest BCUT2D eigenvalue weighted by molar-refractivity contribution is 7.16. The number of rotatable bonds is 8. The third-order valence-corrected chi connectivity index (χ3v) is 3.95. The lowest BCUT2D eigenvalue weighted by molar-refractivity contribution is 0.513. The summed E-state index contributed by atoms with van der Waals surface area (Å²) in [7, 11) is 2.87. The summed E-state index contributed by atoms with van der Waals surface area (Å²) < 4.78 is 0. The molecule has 0 saturated carbocycles. The van der Waals surface area contributed by atoms with Crippen LogP contribution >= 0.6 is 9.24 Å². The summed E-state index contributed by atoms with van der Waals surface area (Å²) in [6, 6.07) is 0. The van der Waals surface area contributed by atoms with E-state index in [4.69, 9.17) is 0 Å². The van der Waals surface area contributed by atoms with Crippen LogP contribution in [0.1, 0.15) is 59.8 Å². The first-order valence-electron chi connectivity index (χ1n) is 6.51. The molecule has 0 spiro atoms. The van der Waals surface area contributed by atoms with E-state index in [0.29, 0.717) is 0 Å². The first-order chi connectivity index (χ1) is 7.13. The summed E-state index contributed by atoms with van der Waals surface area (Å²) in [4.78, 5) is 0. The summed E-state index contributed by atoms with van der Waals surface area (Å²) >= 11 is 0. The molecule has 90 valence electrons. The van der Waals surface area contributed by atoms with Crippen LogP contribution in [0.3, 0.4) is 0 Å². The predicted molar refractivity (Wildman–Crippen MR) is 75.4 cm³/mol. The Kier molecular flexibility index (Phi) is 9.51. The van der Waals surface area contributed by atoms with E-state index < -0.39 is 0 Å². The normalized spacial score (nSPS) is 16.5. The van der Waals surface area contributed by atoms with Crippen molar-refractivity contribution in [3.63, 3.8) is 0 Å². The zero-order valence-electron chi connectivity index (χ0n) is 11.1. The largest absolute Gasteiger partial charge is 0.133 e. The van der Waals surface area contributed by atoms with E-state index in [0.717, 1.165) is 18.0 Å². The van der Waals surface area contributed by atoms with E-state index in [1.807, 2.05) is 0 Å². The fourth-order valence-corrected chi connectivity index (χ4v) is 1.83. The summed E-state index contributed by atoms with van der Waals surface area (Å²) in [5.74, 6) is 1.73. The molecule has 0 N–H and O–H groups in total. The van der Waals surface area contributed by atoms with Gasteiger partial charge < -0.3 is 0 Å². The molecule has 0 saturated heterocycles. The molecule has 3 unspecified atom stereocenters. The fraction of sp³-hybridized carbons (Fsp3) is 0.857. The number of hydrogen-bond donors (Lipinski definition) is 0. The zero-order valence-corrected chi connectivity index (χ0v) is 12.2. The quantitative estimate of drug-likeness (QED) is 0.403. The molecule has 0 fully saturated rings. The van der Waals surface area contributed by atoms with Gasteiger partial charge in [0.1, 0.15) is 0 Å². The third kappa shape index (κ3) is 8.03. The highest BCUT2D eigenvalue weighted by Gasteiger charge is 2.02. The van der Waals surface area contributed by atoms with Crippen molar-refractivity contribution >= 4 is 9.24 Å². The first kappa shape index (κ1) is 15.2. The molecule has 0 aliphatic rings. The standard InChI is InChI=1S/C14H29P/c1-5-12(3)7-9-14(11-15)10-8-13(4)6-2/h9,12-13H,5-8,10-11,15H2,1-4H3. The Balaban J connectivity index is 3.90. The van der Waals surface area contributed by atoms with Gasteiger partial charge in [-0.15, -0.1) is 9.24 Å². The number of hydrogen-bond acceptors (Lipinski definition) is 0. The Morgan fingerprint density at radius 1 is 1.13 bits per heavy atom. The van der Waals surface area contributed by atoms with Gasteiger partial charge in [-0.3, -0.25) is 0 Å². The predicted octanol–water partition coefficient (Wildman–Crippen LogP) is 5.05. The third-order valence-electron chi connectivity index (χ3n) is 3.42. The van der Waals surface area contributed by atoms with Gasteiger partial charge in [-0.25, -0.2) is 0 Å². The maximum atomic E-state index is 2.87. The summed E-state index contributed by atoms with van der Waals surface area (Å²) in [6.07, 6.45) is 10.2. The van der Waals surface area contributed by atoms with E-state index in [1.54, 1.807) is 5.57 Å². The van der Waals surface area contributed by atoms with Crippen molar-refractivity contribution in [3.05, 3.63) is 11.6 Å². The lowest BCUT2D eigenvalue weighted by Crippen LogP contribution is -1.96. The molecule has 0 aromatic heterocycles. The van der Waals surface area contributed by atoms with Crippen LogP contribution < -0.4 is 0 Å². The van der Waals surface area contributed by atoms with Crippen molar-refractivity contribution in [2.24, 2.45) is 11.8 Å². The van der Waals surface area contributed by atoms with Gasteiger partial charge in [0.2, 0.25) is 0 Å². The summed E-state index contributed by atoms with van der Waals surface area (Å²) in [5.41, 5.74) is 1.64. The minimum Gasteiger partial charge on any atom is -0.133 e. The second-order valence-corrected chi connectivity index (χ2v) is 5.28. The summed E-state index contributed by atoms with van der Waals surface area (Å²) in [5, 5.41) is 0. The van der Waals surface area contributed by atoms with Crippen molar-refractivity contribution in [2.75, 3.05) is 6.16 Å². The average Bonchev–Trinajstić information content (AvgIpc) is 2.28. The second kappa shape index (κ2) is 9.40. The lowest BCUT2D eigenvalue weighted by atomic mass is 9.97. The van der Waals surface area contributed by atoms with E-state index in [9.17, 15) is 0 Å². The van der Waals surface area contributed by atoms with Crippen LogP contribution in [0.2, 0.25) is 0 Å². The van der Waals surface area contributed by atoms with Crippen LogP contribution in [-0.4, -0.2) is 6.16 Å². The smallest absolute Gasteiger partial charge is 0.0170 e. The van der Waals surface area contributed by atoms with E-state index in [1.165, 1.54) is 32.1 Å². The van der Waals surface area contributed by atoms with Crippen molar-refractivity contribution in [3.8, 4) is 0 Å². The minimum atomic E-state index is 0.847. The van der Waals surface area contributed by atoms with Gasteiger partial charge in [-0.05, 0) is 37.3 Å². The summed E-state index contributed by atoms with van der Waals surface area (Å²) in [6.45, 7) is 9.26. The highest BCUT2D eigenvalue weighted by Crippen LogP contribution is 2.18. The molecule has 0 aromatic carbocycles. The molecule has 0 amide bonds. The molecule has 0 radical (unpaired) electrons. The molecule has 1 heteroatoms. The second-order valence-electron chi connectivity index (χ2n) is 4.87. The molecule has 0 nitrogen and oxygen atoms in total. The molecular weight excluding hydrogens is 199 g/mol. The first-order valence-corrected chi connectivity index (χ1v) is 7.33. The lowest BCUT2D eigenvalue weighted by Gasteiger charge is -2.11. The van der Waals surface area contributed by atoms with Crippen molar-refractivity contribution in [1.82, 2.24) is 0 Å². The molecule has 0 heterocycles. The number of allylic oxidation sites excluding steroid dienone is 2. The Morgan fingerprint density at radius 2 is 1.73 bits per heavy atom. The molecule has 3 atom stereocenters. The Hall–Kier alpha value is 0.170. The van der Waals surface area contributed by atoms with E-state index >= 15 is 0 Å². The minimum absolute atomic E-state index is 0.847. The van der Waals surface area contributed by atoms with Crippen LogP contribution in [0.15, 0.2) is 11.6 Å². The molecule has 0 bridgehead atoms. The Morgan fingerprint density at radius 3 is 2.20 bits per heavy atom. The van der Waals surface area contributed by atoms with Crippen LogP contribution in [0, 0.1) is 11.8 Å². The molecular formula is C14H29P. The van der Waals surface area contributed by atoms with Gasteiger partial charge >= 0.3 is 0 Å². The van der Waals surface area contributed by atoms with Gasteiger partial charge in [0.15, 0.2) is 0 Å². The molecule has 0 aromatic rings. The SMILES string of the molecule is CCC(C)CC=C(CP)CCC(C)CC. The van der Waals surface area contributed by atoms with Crippen LogP contribution in [0.4, 0.5) is 0 Å². The maximum absolute atomic E-state index is 2.87. The van der Waals surface area contributed by atoms with Gasteiger partial charge in [-0.2, -0.15) is 0 Å². The van der Waals surface area contributed by atoms with Gasteiger partial charge in [0.25, 0.3) is 0 Å². The monoisotopic (exact) mass is 228 g/mol. The van der Waals surface area contributed by atoms with E-state index in [-0.39, 0.29) is 0 Å². The fourth-order valence-electron chi connectivity index (χ4n) is 1.46. The van der Waals surface area contributed by atoms with Crippen molar-refractivity contribution in [2.45, 2.75) is 59.8 Å². The van der Waals surface area contributed by atoms with Crippen LogP contribution in [0.25, 0.3) is 0 Å². The molecule has 15 heavy (non-hydrogen) atoms. The zero-order chi connectivity index (χ0) is 11.7.